The van der Waals surface area contributed by atoms with E-state index >= 15 is 0 Å². The summed E-state index contributed by atoms with van der Waals surface area (Å²) in [5, 5.41) is 6.60. The molecule has 0 aliphatic rings. The molecule has 0 fully saturated rings. The fourth-order valence-corrected chi connectivity index (χ4v) is 3.10. The largest absolute Gasteiger partial charge is 0.497 e. The van der Waals surface area contributed by atoms with Gasteiger partial charge >= 0.3 is 0 Å². The molecule has 1 atom stereocenters. The van der Waals surface area contributed by atoms with Crippen molar-refractivity contribution in [2.45, 2.75) is 17.9 Å². The van der Waals surface area contributed by atoms with Crippen LogP contribution >= 0.6 is 11.8 Å². The number of aromatic nitrogens is 2. The number of hydrogen-bond acceptors (Lipinski definition) is 7. The fourth-order valence-electron chi connectivity index (χ4n) is 2.38. The number of nitrogens with one attached hydrogen (secondary N) is 1. The predicted octanol–water partition coefficient (Wildman–Crippen LogP) is 4.01. The normalized spacial score (nSPS) is 11.7. The Kier molecular flexibility index (Phi) is 6.54. The Hall–Kier alpha value is -3.00. The van der Waals surface area contributed by atoms with Crippen LogP contribution in [0.1, 0.15) is 12.8 Å². The molecular formula is C20H21N3O4S. The Morgan fingerprint density at radius 1 is 1.14 bits per heavy atom. The first-order valence-corrected chi connectivity index (χ1v) is 9.67. The molecule has 0 bridgehead atoms. The van der Waals surface area contributed by atoms with E-state index in [1.54, 1.807) is 38.5 Å². The van der Waals surface area contributed by atoms with E-state index in [-0.39, 0.29) is 11.2 Å². The van der Waals surface area contributed by atoms with Gasteiger partial charge in [-0.2, -0.15) is 4.98 Å². The minimum Gasteiger partial charge on any atom is -0.497 e. The molecule has 1 amide bonds. The molecule has 1 N–H and O–H groups in total. The molecule has 3 aromatic rings. The molecule has 8 heteroatoms. The van der Waals surface area contributed by atoms with Crippen LogP contribution in [0.25, 0.3) is 11.4 Å². The maximum absolute atomic E-state index is 12.3. The average molecular weight is 399 g/mol. The highest BCUT2D eigenvalue weighted by Crippen LogP contribution is 2.24. The molecule has 0 radical (unpaired) electrons. The molecular weight excluding hydrogens is 378 g/mol. The topological polar surface area (TPSA) is 86.5 Å². The molecule has 0 aliphatic carbocycles. The van der Waals surface area contributed by atoms with Gasteiger partial charge in [-0.3, -0.25) is 4.79 Å². The summed E-state index contributed by atoms with van der Waals surface area (Å²) in [5.74, 6) is 2.76. The molecule has 3 rings (SSSR count). The smallest absolute Gasteiger partial charge is 0.237 e. The van der Waals surface area contributed by atoms with Crippen molar-refractivity contribution < 1.29 is 18.8 Å². The van der Waals surface area contributed by atoms with E-state index < -0.39 is 0 Å². The minimum absolute atomic E-state index is 0.0947. The summed E-state index contributed by atoms with van der Waals surface area (Å²) in [7, 11) is 3.21. The number of rotatable bonds is 8. The second-order valence-corrected chi connectivity index (χ2v) is 7.24. The summed E-state index contributed by atoms with van der Waals surface area (Å²) >= 11 is 1.42. The van der Waals surface area contributed by atoms with Crippen LogP contribution in [0, 0.1) is 0 Å². The molecule has 28 heavy (non-hydrogen) atoms. The second kappa shape index (κ2) is 9.27. The van der Waals surface area contributed by atoms with Crippen LogP contribution in [0.5, 0.6) is 11.5 Å². The summed E-state index contributed by atoms with van der Waals surface area (Å²) in [4.78, 5) is 16.7. The molecule has 0 saturated carbocycles. The number of nitrogens with zero attached hydrogens (tertiary/aromatic N) is 2. The zero-order valence-electron chi connectivity index (χ0n) is 15.8. The maximum atomic E-state index is 12.3. The SMILES string of the molecule is COc1ccc(NC(=O)[C@@H](C)SCc2nc(-c3cccc(OC)c3)no2)cc1. The van der Waals surface area contributed by atoms with E-state index in [2.05, 4.69) is 15.5 Å². The lowest BCUT2D eigenvalue weighted by Gasteiger charge is -2.11. The monoisotopic (exact) mass is 399 g/mol. The third-order valence-corrected chi connectivity index (χ3v) is 5.11. The zero-order chi connectivity index (χ0) is 19.9. The number of anilines is 1. The van der Waals surface area contributed by atoms with Gasteiger partial charge in [-0.15, -0.1) is 11.8 Å². The summed E-state index contributed by atoms with van der Waals surface area (Å²) in [6.45, 7) is 1.84. The van der Waals surface area contributed by atoms with Crippen molar-refractivity contribution >= 4 is 23.4 Å². The number of methoxy groups -OCH3 is 2. The average Bonchev–Trinajstić information content (AvgIpc) is 3.21. The van der Waals surface area contributed by atoms with Crippen LogP contribution in [0.3, 0.4) is 0 Å². The van der Waals surface area contributed by atoms with Gasteiger partial charge in [-0.05, 0) is 43.3 Å². The number of benzene rings is 2. The van der Waals surface area contributed by atoms with E-state index in [1.165, 1.54) is 11.8 Å². The van der Waals surface area contributed by atoms with E-state index in [4.69, 9.17) is 14.0 Å². The van der Waals surface area contributed by atoms with Gasteiger partial charge in [0.15, 0.2) is 0 Å². The third-order valence-electron chi connectivity index (χ3n) is 3.98. The summed E-state index contributed by atoms with van der Waals surface area (Å²) in [5.41, 5.74) is 1.53. The second-order valence-electron chi connectivity index (χ2n) is 5.91. The molecule has 0 unspecified atom stereocenters. The maximum Gasteiger partial charge on any atom is 0.237 e. The van der Waals surface area contributed by atoms with Crippen LogP contribution in [0.15, 0.2) is 53.1 Å². The standard InChI is InChI=1S/C20H21N3O4S/c1-13(20(24)21-15-7-9-16(25-2)10-8-15)28-12-18-22-19(23-27-18)14-5-4-6-17(11-14)26-3/h4-11,13H,12H2,1-3H3,(H,21,24)/t13-/m1/s1. The number of amides is 1. The molecule has 146 valence electrons. The quantitative estimate of drug-likeness (QED) is 0.612. The number of carbonyl (C=O) groups excluding carboxylic acids is 1. The Labute approximate surface area is 167 Å². The van der Waals surface area contributed by atoms with Crippen molar-refractivity contribution in [2.24, 2.45) is 0 Å². The van der Waals surface area contributed by atoms with Crippen molar-refractivity contribution in [1.29, 1.82) is 0 Å². The lowest BCUT2D eigenvalue weighted by molar-refractivity contribution is -0.115. The summed E-state index contributed by atoms with van der Waals surface area (Å²) in [6.07, 6.45) is 0. The molecule has 0 aliphatic heterocycles. The van der Waals surface area contributed by atoms with Crippen molar-refractivity contribution in [3.63, 3.8) is 0 Å². The van der Waals surface area contributed by atoms with Crippen molar-refractivity contribution in [2.75, 3.05) is 19.5 Å². The molecule has 0 spiro atoms. The van der Waals surface area contributed by atoms with Crippen molar-refractivity contribution in [1.82, 2.24) is 10.1 Å². The van der Waals surface area contributed by atoms with Gasteiger partial charge in [0.25, 0.3) is 0 Å². The minimum atomic E-state index is -0.283. The summed E-state index contributed by atoms with van der Waals surface area (Å²) in [6, 6.07) is 14.6. The van der Waals surface area contributed by atoms with Crippen LogP contribution in [0.4, 0.5) is 5.69 Å². The van der Waals surface area contributed by atoms with Gasteiger partial charge in [0, 0.05) is 11.3 Å². The highest BCUT2D eigenvalue weighted by atomic mass is 32.2. The number of thioether (sulfide) groups is 1. The summed E-state index contributed by atoms with van der Waals surface area (Å²) < 4.78 is 15.6. The molecule has 1 aromatic heterocycles. The van der Waals surface area contributed by atoms with Crippen LogP contribution in [-0.2, 0) is 10.5 Å². The number of hydrogen-bond donors (Lipinski definition) is 1. The van der Waals surface area contributed by atoms with E-state index in [0.29, 0.717) is 17.5 Å². The van der Waals surface area contributed by atoms with E-state index in [1.807, 2.05) is 31.2 Å². The van der Waals surface area contributed by atoms with Crippen LogP contribution in [0.2, 0.25) is 0 Å². The highest BCUT2D eigenvalue weighted by molar-refractivity contribution is 7.99. The zero-order valence-corrected chi connectivity index (χ0v) is 16.7. The first-order chi connectivity index (χ1) is 13.6. The van der Waals surface area contributed by atoms with Gasteiger partial charge < -0.3 is 19.3 Å². The molecule has 7 nitrogen and oxygen atoms in total. The van der Waals surface area contributed by atoms with Gasteiger partial charge in [-0.1, -0.05) is 17.3 Å². The molecule has 1 heterocycles. The van der Waals surface area contributed by atoms with Crippen molar-refractivity contribution in [3.8, 4) is 22.9 Å². The van der Waals surface area contributed by atoms with Gasteiger partial charge in [0.2, 0.25) is 17.6 Å². The first kappa shape index (κ1) is 19.8. The van der Waals surface area contributed by atoms with Crippen molar-refractivity contribution in [3.05, 3.63) is 54.4 Å². The van der Waals surface area contributed by atoms with E-state index in [0.717, 1.165) is 22.7 Å². The molecule has 2 aromatic carbocycles. The highest BCUT2D eigenvalue weighted by Gasteiger charge is 2.16. The Morgan fingerprint density at radius 2 is 1.89 bits per heavy atom. The fraction of sp³-hybridized carbons (Fsp3) is 0.250. The van der Waals surface area contributed by atoms with Crippen LogP contribution in [-0.4, -0.2) is 35.5 Å². The van der Waals surface area contributed by atoms with Gasteiger partial charge in [-0.25, -0.2) is 0 Å². The van der Waals surface area contributed by atoms with Crippen LogP contribution < -0.4 is 14.8 Å². The molecule has 0 saturated heterocycles. The Bertz CT molecular complexity index is 927. The lowest BCUT2D eigenvalue weighted by atomic mass is 10.2. The first-order valence-electron chi connectivity index (χ1n) is 8.62. The lowest BCUT2D eigenvalue weighted by Crippen LogP contribution is -2.22. The number of ether oxygens (including phenoxy) is 2. The number of carbonyl (C=O) groups is 1. The van der Waals surface area contributed by atoms with Gasteiger partial charge in [0.1, 0.15) is 11.5 Å². The predicted molar refractivity (Wildman–Crippen MR) is 109 cm³/mol. The third kappa shape index (κ3) is 5.04. The Morgan fingerprint density at radius 3 is 2.61 bits per heavy atom. The Balaban J connectivity index is 1.54. The van der Waals surface area contributed by atoms with E-state index in [9.17, 15) is 4.79 Å². The van der Waals surface area contributed by atoms with Gasteiger partial charge in [0.05, 0.1) is 25.2 Å².